The Kier molecular flexibility index (Phi) is 4.63. The summed E-state index contributed by atoms with van der Waals surface area (Å²) in [6.45, 7) is 0. The normalized spacial score (nSPS) is 10.6. The largest absolute Gasteiger partial charge is 0.321 e. The molecule has 0 aliphatic carbocycles. The first-order valence-corrected chi connectivity index (χ1v) is 6.33. The maximum absolute atomic E-state index is 12.0. The Morgan fingerprint density at radius 2 is 1.91 bits per heavy atom. The Labute approximate surface area is 126 Å². The van der Waals surface area contributed by atoms with Crippen LogP contribution in [0.15, 0.2) is 60.2 Å². The third-order valence-electron chi connectivity index (χ3n) is 2.79. The Morgan fingerprint density at radius 3 is 2.55 bits per heavy atom. The average molecular weight is 293 g/mol. The molecule has 6 heteroatoms. The lowest BCUT2D eigenvalue weighted by atomic mass is 10.1. The molecular formula is C16H11N3O3. The molecule has 6 nitrogen and oxygen atoms in total. The van der Waals surface area contributed by atoms with Crippen LogP contribution in [0, 0.1) is 21.4 Å². The fourth-order valence-corrected chi connectivity index (χ4v) is 1.76. The minimum absolute atomic E-state index is 0.102. The lowest BCUT2D eigenvalue weighted by Gasteiger charge is -2.03. The smallest absolute Gasteiger partial charge is 0.270 e. The van der Waals surface area contributed by atoms with Crippen molar-refractivity contribution in [3.63, 3.8) is 0 Å². The van der Waals surface area contributed by atoms with Crippen molar-refractivity contribution in [2.45, 2.75) is 0 Å². The number of nitrogens with one attached hydrogen (secondary N) is 1. The van der Waals surface area contributed by atoms with Crippen LogP contribution in [0.4, 0.5) is 11.4 Å². The number of hydrogen-bond acceptors (Lipinski definition) is 4. The molecule has 2 aromatic carbocycles. The van der Waals surface area contributed by atoms with Gasteiger partial charge in [0.15, 0.2) is 0 Å². The molecule has 0 bridgehead atoms. The van der Waals surface area contributed by atoms with Gasteiger partial charge in [0.2, 0.25) is 0 Å². The fraction of sp³-hybridized carbons (Fsp3) is 0. The Hall–Kier alpha value is -3.46. The van der Waals surface area contributed by atoms with E-state index in [0.29, 0.717) is 11.3 Å². The molecule has 0 fully saturated rings. The van der Waals surface area contributed by atoms with Crippen LogP contribution in [0.25, 0.3) is 6.08 Å². The van der Waals surface area contributed by atoms with Crippen LogP contribution in [0.5, 0.6) is 0 Å². The molecule has 1 N–H and O–H groups in total. The molecule has 1 amide bonds. The van der Waals surface area contributed by atoms with Gasteiger partial charge in [-0.15, -0.1) is 0 Å². The van der Waals surface area contributed by atoms with E-state index in [0.717, 1.165) is 0 Å². The molecule has 0 saturated carbocycles. The number of nitro benzene ring substituents is 1. The average Bonchev–Trinajstić information content (AvgIpc) is 2.53. The number of para-hydroxylation sites is 1. The van der Waals surface area contributed by atoms with Gasteiger partial charge in [-0.2, -0.15) is 5.26 Å². The first-order valence-electron chi connectivity index (χ1n) is 6.33. The van der Waals surface area contributed by atoms with Gasteiger partial charge in [0.05, 0.1) is 4.92 Å². The van der Waals surface area contributed by atoms with Crippen LogP contribution in [-0.2, 0) is 4.79 Å². The van der Waals surface area contributed by atoms with Crippen LogP contribution in [0.2, 0.25) is 0 Å². The molecular weight excluding hydrogens is 282 g/mol. The number of anilines is 1. The highest BCUT2D eigenvalue weighted by Gasteiger charge is 2.11. The molecule has 0 radical (unpaired) electrons. The van der Waals surface area contributed by atoms with E-state index in [9.17, 15) is 14.9 Å². The van der Waals surface area contributed by atoms with E-state index in [-0.39, 0.29) is 11.3 Å². The number of rotatable bonds is 4. The zero-order valence-corrected chi connectivity index (χ0v) is 11.4. The van der Waals surface area contributed by atoms with Crippen molar-refractivity contribution >= 4 is 23.4 Å². The molecule has 0 spiro atoms. The number of carbonyl (C=O) groups excluding carboxylic acids is 1. The molecule has 0 saturated heterocycles. The van der Waals surface area contributed by atoms with Crippen LogP contribution in [-0.4, -0.2) is 10.8 Å². The minimum atomic E-state index is -0.569. The zero-order chi connectivity index (χ0) is 15.9. The van der Waals surface area contributed by atoms with Crippen molar-refractivity contribution < 1.29 is 9.72 Å². The van der Waals surface area contributed by atoms with Gasteiger partial charge >= 0.3 is 0 Å². The molecule has 0 aliphatic heterocycles. The summed E-state index contributed by atoms with van der Waals surface area (Å²) in [5.74, 6) is -0.569. The van der Waals surface area contributed by atoms with E-state index >= 15 is 0 Å². The van der Waals surface area contributed by atoms with Crippen molar-refractivity contribution in [2.75, 3.05) is 5.32 Å². The van der Waals surface area contributed by atoms with Crippen molar-refractivity contribution in [3.05, 3.63) is 75.8 Å². The second kappa shape index (κ2) is 6.81. The van der Waals surface area contributed by atoms with Crippen molar-refractivity contribution in [1.29, 1.82) is 5.26 Å². The van der Waals surface area contributed by atoms with Gasteiger partial charge in [-0.3, -0.25) is 14.9 Å². The molecule has 0 atom stereocenters. The lowest BCUT2D eigenvalue weighted by Crippen LogP contribution is -2.13. The molecule has 22 heavy (non-hydrogen) atoms. The van der Waals surface area contributed by atoms with E-state index < -0.39 is 10.8 Å². The van der Waals surface area contributed by atoms with Gasteiger partial charge < -0.3 is 5.32 Å². The maximum atomic E-state index is 12.0. The predicted molar refractivity (Wildman–Crippen MR) is 81.8 cm³/mol. The lowest BCUT2D eigenvalue weighted by molar-refractivity contribution is -0.384. The third-order valence-corrected chi connectivity index (χ3v) is 2.79. The summed E-state index contributed by atoms with van der Waals surface area (Å²) < 4.78 is 0. The molecule has 2 rings (SSSR count). The first kappa shape index (κ1) is 14.9. The summed E-state index contributed by atoms with van der Waals surface area (Å²) in [6.07, 6.45) is 1.31. The summed E-state index contributed by atoms with van der Waals surface area (Å²) in [5.41, 5.74) is 0.737. The van der Waals surface area contributed by atoms with Crippen molar-refractivity contribution in [1.82, 2.24) is 0 Å². The van der Waals surface area contributed by atoms with Gasteiger partial charge in [0.1, 0.15) is 11.6 Å². The summed E-state index contributed by atoms with van der Waals surface area (Å²) in [4.78, 5) is 22.2. The number of nitrogens with zero attached hydrogens (tertiary/aromatic N) is 2. The topological polar surface area (TPSA) is 96.0 Å². The van der Waals surface area contributed by atoms with Gasteiger partial charge in [-0.1, -0.05) is 30.3 Å². The van der Waals surface area contributed by atoms with Crippen LogP contribution < -0.4 is 5.32 Å². The summed E-state index contributed by atoms with van der Waals surface area (Å²) in [6, 6.07) is 16.2. The highest BCUT2D eigenvalue weighted by molar-refractivity contribution is 6.09. The van der Waals surface area contributed by atoms with E-state index in [2.05, 4.69) is 5.32 Å². The summed E-state index contributed by atoms with van der Waals surface area (Å²) >= 11 is 0. The Morgan fingerprint density at radius 1 is 1.18 bits per heavy atom. The van der Waals surface area contributed by atoms with Gasteiger partial charge in [-0.25, -0.2) is 0 Å². The molecule has 0 aliphatic rings. The minimum Gasteiger partial charge on any atom is -0.321 e. The molecule has 2 aromatic rings. The molecule has 0 aromatic heterocycles. The number of carbonyl (C=O) groups is 1. The zero-order valence-electron chi connectivity index (χ0n) is 11.4. The fourth-order valence-electron chi connectivity index (χ4n) is 1.76. The van der Waals surface area contributed by atoms with Gasteiger partial charge in [-0.05, 0) is 23.8 Å². The number of benzene rings is 2. The maximum Gasteiger partial charge on any atom is 0.270 e. The Bertz CT molecular complexity index is 777. The number of hydrogen-bond donors (Lipinski definition) is 1. The summed E-state index contributed by atoms with van der Waals surface area (Å²) in [5, 5.41) is 22.4. The number of nitriles is 1. The second-order valence-corrected chi connectivity index (χ2v) is 4.34. The SMILES string of the molecule is N#C/C(=C/c1cccc([N+](=O)[O-])c1)C(=O)Nc1ccccc1. The van der Waals surface area contributed by atoms with Crippen LogP contribution in [0.3, 0.4) is 0 Å². The molecule has 0 heterocycles. The third kappa shape index (κ3) is 3.77. The van der Waals surface area contributed by atoms with Crippen LogP contribution >= 0.6 is 0 Å². The quantitative estimate of drug-likeness (QED) is 0.405. The number of non-ortho nitro benzene ring substituents is 1. The number of nitro groups is 1. The van der Waals surface area contributed by atoms with E-state index in [1.807, 2.05) is 0 Å². The van der Waals surface area contributed by atoms with E-state index in [4.69, 9.17) is 5.26 Å². The highest BCUT2D eigenvalue weighted by Crippen LogP contribution is 2.16. The molecule has 108 valence electrons. The standard InChI is InChI=1S/C16H11N3O3/c17-11-13(16(20)18-14-6-2-1-3-7-14)9-12-5-4-8-15(10-12)19(21)22/h1-10H,(H,18,20)/b13-9-. The van der Waals surface area contributed by atoms with Crippen LogP contribution in [0.1, 0.15) is 5.56 Å². The summed E-state index contributed by atoms with van der Waals surface area (Å²) in [7, 11) is 0. The Balaban J connectivity index is 2.24. The van der Waals surface area contributed by atoms with Crippen molar-refractivity contribution in [3.8, 4) is 6.07 Å². The van der Waals surface area contributed by atoms with Crippen molar-refractivity contribution in [2.24, 2.45) is 0 Å². The van der Waals surface area contributed by atoms with Gasteiger partial charge in [0, 0.05) is 17.8 Å². The second-order valence-electron chi connectivity index (χ2n) is 4.34. The highest BCUT2D eigenvalue weighted by atomic mass is 16.6. The number of amides is 1. The van der Waals surface area contributed by atoms with E-state index in [1.54, 1.807) is 42.5 Å². The molecule has 0 unspecified atom stereocenters. The monoisotopic (exact) mass is 293 g/mol. The van der Waals surface area contributed by atoms with E-state index in [1.165, 1.54) is 24.3 Å². The predicted octanol–water partition coefficient (Wildman–Crippen LogP) is 3.14. The van der Waals surface area contributed by atoms with Gasteiger partial charge in [0.25, 0.3) is 11.6 Å². The first-order chi connectivity index (χ1) is 10.6.